The Kier molecular flexibility index (Phi) is 3.76. The van der Waals surface area contributed by atoms with Crippen LogP contribution in [0.4, 0.5) is 4.39 Å². The Morgan fingerprint density at radius 2 is 2.00 bits per heavy atom. The van der Waals surface area contributed by atoms with Crippen LogP contribution in [0.5, 0.6) is 0 Å². The van der Waals surface area contributed by atoms with Gasteiger partial charge in [0, 0.05) is 4.88 Å². The van der Waals surface area contributed by atoms with Crippen molar-refractivity contribution in [2.45, 2.75) is 32.6 Å². The molecule has 0 bridgehead atoms. The Hall–Kier alpha value is -2.34. The topological polar surface area (TPSA) is 47.2 Å². The minimum absolute atomic E-state index is 0.115. The van der Waals surface area contributed by atoms with Gasteiger partial charge < -0.3 is 0 Å². The molecule has 0 unspecified atom stereocenters. The SMILES string of the molecule is Cc1nc2sc3c(c2c(=O)n1/N=C/c1ccc(F)cc1)CCCC3. The van der Waals surface area contributed by atoms with Crippen molar-refractivity contribution < 1.29 is 4.39 Å². The molecule has 0 aliphatic heterocycles. The lowest BCUT2D eigenvalue weighted by molar-refractivity contribution is 0.628. The third-order valence-corrected chi connectivity index (χ3v) is 5.51. The summed E-state index contributed by atoms with van der Waals surface area (Å²) in [5, 5.41) is 5.00. The highest BCUT2D eigenvalue weighted by Gasteiger charge is 2.20. The van der Waals surface area contributed by atoms with E-state index >= 15 is 0 Å². The number of hydrogen-bond acceptors (Lipinski definition) is 4. The van der Waals surface area contributed by atoms with Crippen LogP contribution in [0.2, 0.25) is 0 Å². The van der Waals surface area contributed by atoms with Crippen LogP contribution in [0.1, 0.15) is 34.7 Å². The third kappa shape index (κ3) is 2.57. The van der Waals surface area contributed by atoms with Gasteiger partial charge in [-0.1, -0.05) is 12.1 Å². The summed E-state index contributed by atoms with van der Waals surface area (Å²) < 4.78 is 14.3. The Morgan fingerprint density at radius 1 is 1.25 bits per heavy atom. The van der Waals surface area contributed by atoms with Crippen LogP contribution in [-0.2, 0) is 12.8 Å². The first kappa shape index (κ1) is 15.2. The lowest BCUT2D eigenvalue weighted by Crippen LogP contribution is -2.21. The lowest BCUT2D eigenvalue weighted by Gasteiger charge is -2.10. The van der Waals surface area contributed by atoms with Crippen LogP contribution in [0, 0.1) is 12.7 Å². The first-order valence-electron chi connectivity index (χ1n) is 7.97. The molecule has 24 heavy (non-hydrogen) atoms. The normalized spacial score (nSPS) is 14.4. The van der Waals surface area contributed by atoms with Crippen molar-refractivity contribution in [2.24, 2.45) is 5.10 Å². The Labute approximate surface area is 142 Å². The van der Waals surface area contributed by atoms with E-state index < -0.39 is 0 Å². The maximum Gasteiger partial charge on any atom is 0.283 e. The van der Waals surface area contributed by atoms with Crippen molar-refractivity contribution in [3.05, 3.63) is 62.3 Å². The van der Waals surface area contributed by atoms with Crippen molar-refractivity contribution in [3.63, 3.8) is 0 Å². The smallest absolute Gasteiger partial charge is 0.267 e. The third-order valence-electron chi connectivity index (χ3n) is 4.32. The maximum absolute atomic E-state index is 13.0. The molecule has 4 nitrogen and oxygen atoms in total. The first-order chi connectivity index (χ1) is 11.6. The van der Waals surface area contributed by atoms with Gasteiger partial charge in [-0.05, 0) is 55.9 Å². The summed E-state index contributed by atoms with van der Waals surface area (Å²) in [6, 6.07) is 5.98. The molecule has 0 N–H and O–H groups in total. The van der Waals surface area contributed by atoms with Gasteiger partial charge in [-0.15, -0.1) is 11.3 Å². The summed E-state index contributed by atoms with van der Waals surface area (Å²) in [7, 11) is 0. The Morgan fingerprint density at radius 3 is 2.79 bits per heavy atom. The second-order valence-electron chi connectivity index (χ2n) is 5.96. The van der Waals surface area contributed by atoms with E-state index in [1.54, 1.807) is 36.6 Å². The molecule has 122 valence electrons. The van der Waals surface area contributed by atoms with Crippen LogP contribution in [-0.4, -0.2) is 15.9 Å². The minimum atomic E-state index is -0.298. The second-order valence-corrected chi connectivity index (χ2v) is 7.05. The predicted molar refractivity (Wildman–Crippen MR) is 94.7 cm³/mol. The van der Waals surface area contributed by atoms with Crippen molar-refractivity contribution in [1.29, 1.82) is 0 Å². The van der Waals surface area contributed by atoms with Crippen LogP contribution in [0.3, 0.4) is 0 Å². The molecule has 3 aromatic rings. The summed E-state index contributed by atoms with van der Waals surface area (Å²) in [5.41, 5.74) is 1.77. The van der Waals surface area contributed by atoms with E-state index in [4.69, 9.17) is 0 Å². The Balaban J connectivity index is 1.83. The number of fused-ring (bicyclic) bond motifs is 3. The average Bonchev–Trinajstić information content (AvgIpc) is 2.94. The van der Waals surface area contributed by atoms with Crippen molar-refractivity contribution in [3.8, 4) is 0 Å². The molecule has 4 rings (SSSR count). The van der Waals surface area contributed by atoms with E-state index in [-0.39, 0.29) is 11.4 Å². The number of aryl methyl sites for hydroxylation is 3. The van der Waals surface area contributed by atoms with Crippen LogP contribution < -0.4 is 5.56 Å². The molecule has 2 aromatic heterocycles. The molecule has 0 saturated heterocycles. The van der Waals surface area contributed by atoms with Crippen molar-refractivity contribution in [1.82, 2.24) is 9.66 Å². The number of aromatic nitrogens is 2. The molecule has 0 spiro atoms. The van der Waals surface area contributed by atoms with E-state index in [0.29, 0.717) is 5.82 Å². The molecule has 0 radical (unpaired) electrons. The van der Waals surface area contributed by atoms with Gasteiger partial charge in [0.15, 0.2) is 0 Å². The lowest BCUT2D eigenvalue weighted by atomic mass is 9.97. The Bertz CT molecular complexity index is 1000. The van der Waals surface area contributed by atoms with Gasteiger partial charge in [0.2, 0.25) is 0 Å². The van der Waals surface area contributed by atoms with E-state index in [2.05, 4.69) is 10.1 Å². The van der Waals surface area contributed by atoms with E-state index in [9.17, 15) is 9.18 Å². The van der Waals surface area contributed by atoms with E-state index in [1.165, 1.54) is 28.1 Å². The van der Waals surface area contributed by atoms with E-state index in [1.807, 2.05) is 0 Å². The van der Waals surface area contributed by atoms with Gasteiger partial charge in [-0.25, -0.2) is 9.37 Å². The number of benzene rings is 1. The largest absolute Gasteiger partial charge is 0.283 e. The summed E-state index contributed by atoms with van der Waals surface area (Å²) in [4.78, 5) is 19.6. The molecule has 0 saturated carbocycles. The zero-order chi connectivity index (χ0) is 16.7. The number of thiophene rings is 1. The highest BCUT2D eigenvalue weighted by Crippen LogP contribution is 2.33. The standard InChI is InChI=1S/C18H16FN3OS/c1-11-21-17-16(14-4-2-3-5-15(14)24-17)18(23)22(11)20-10-12-6-8-13(19)9-7-12/h6-10H,2-5H2,1H3/b20-10+. The molecular formula is C18H16FN3OS. The van der Waals surface area contributed by atoms with Gasteiger partial charge >= 0.3 is 0 Å². The van der Waals surface area contributed by atoms with Crippen LogP contribution in [0.15, 0.2) is 34.2 Å². The minimum Gasteiger partial charge on any atom is -0.267 e. The fourth-order valence-electron chi connectivity index (χ4n) is 3.11. The average molecular weight is 341 g/mol. The summed E-state index contributed by atoms with van der Waals surface area (Å²) in [6.45, 7) is 1.78. The van der Waals surface area contributed by atoms with E-state index in [0.717, 1.165) is 40.6 Å². The van der Waals surface area contributed by atoms with Crippen LogP contribution in [0.25, 0.3) is 10.2 Å². The molecular weight excluding hydrogens is 325 g/mol. The zero-order valence-electron chi connectivity index (χ0n) is 13.3. The molecule has 1 aliphatic carbocycles. The highest BCUT2D eigenvalue weighted by atomic mass is 32.1. The van der Waals surface area contributed by atoms with Gasteiger partial charge in [-0.3, -0.25) is 4.79 Å². The summed E-state index contributed by atoms with van der Waals surface area (Å²) in [6.07, 6.45) is 5.82. The molecule has 0 amide bonds. The number of halogens is 1. The molecule has 1 aromatic carbocycles. The summed E-state index contributed by atoms with van der Waals surface area (Å²) in [5.74, 6) is 0.262. The van der Waals surface area contributed by atoms with Gasteiger partial charge in [0.25, 0.3) is 5.56 Å². The number of nitrogens with zero attached hydrogens (tertiary/aromatic N) is 3. The highest BCUT2D eigenvalue weighted by molar-refractivity contribution is 7.18. The summed E-state index contributed by atoms with van der Waals surface area (Å²) >= 11 is 1.63. The monoisotopic (exact) mass is 341 g/mol. The maximum atomic E-state index is 13.0. The van der Waals surface area contributed by atoms with Crippen molar-refractivity contribution >= 4 is 27.8 Å². The molecule has 2 heterocycles. The predicted octanol–water partition coefficient (Wildman–Crippen LogP) is 3.67. The molecule has 6 heteroatoms. The quantitative estimate of drug-likeness (QED) is 0.668. The number of hydrogen-bond donors (Lipinski definition) is 0. The molecule has 0 fully saturated rings. The zero-order valence-corrected chi connectivity index (χ0v) is 14.1. The fourth-order valence-corrected chi connectivity index (χ4v) is 4.40. The van der Waals surface area contributed by atoms with Gasteiger partial charge in [-0.2, -0.15) is 9.78 Å². The fraction of sp³-hybridized carbons (Fsp3) is 0.278. The second kappa shape index (κ2) is 5.94. The van der Waals surface area contributed by atoms with Crippen LogP contribution >= 0.6 is 11.3 Å². The van der Waals surface area contributed by atoms with Crippen molar-refractivity contribution in [2.75, 3.05) is 0 Å². The molecule has 1 aliphatic rings. The number of rotatable bonds is 2. The first-order valence-corrected chi connectivity index (χ1v) is 8.79. The van der Waals surface area contributed by atoms with Gasteiger partial charge in [0.05, 0.1) is 11.6 Å². The molecule has 0 atom stereocenters. The van der Waals surface area contributed by atoms with Gasteiger partial charge in [0.1, 0.15) is 16.5 Å².